The molecule has 0 spiro atoms. The van der Waals surface area contributed by atoms with Gasteiger partial charge >= 0.3 is 0 Å². The summed E-state index contributed by atoms with van der Waals surface area (Å²) in [6.07, 6.45) is 0.651. The molecule has 1 aromatic carbocycles. The van der Waals surface area contributed by atoms with E-state index in [0.717, 1.165) is 24.4 Å². The molecule has 2 unspecified atom stereocenters. The zero-order chi connectivity index (χ0) is 12.5. The molecule has 3 rings (SSSR count). The van der Waals surface area contributed by atoms with Crippen molar-refractivity contribution >= 4 is 5.78 Å². The highest BCUT2D eigenvalue weighted by Gasteiger charge is 2.34. The molecule has 0 amide bonds. The quantitative estimate of drug-likeness (QED) is 0.808. The number of fused-ring (bicyclic) bond motifs is 1. The standard InChI is InChI=1S/C14H17NO3/c16-10-5-7-15(8-6-10)12-9-18-13-4-2-1-3-11(13)14(12)17/h1-4,12,14,17H,5-9H2. The first kappa shape index (κ1) is 11.7. The molecule has 0 bridgehead atoms. The molecular weight excluding hydrogens is 230 g/mol. The number of piperidine rings is 1. The van der Waals surface area contributed by atoms with E-state index in [1.807, 2.05) is 24.3 Å². The van der Waals surface area contributed by atoms with E-state index in [1.54, 1.807) is 0 Å². The average Bonchev–Trinajstić information content (AvgIpc) is 2.41. The Morgan fingerprint density at radius 3 is 2.72 bits per heavy atom. The first-order valence-corrected chi connectivity index (χ1v) is 6.41. The lowest BCUT2D eigenvalue weighted by molar-refractivity contribution is -0.123. The van der Waals surface area contributed by atoms with Crippen LogP contribution in [0.2, 0.25) is 0 Å². The molecular formula is C14H17NO3. The molecule has 2 atom stereocenters. The number of likely N-dealkylation sites (tertiary alicyclic amines) is 1. The summed E-state index contributed by atoms with van der Waals surface area (Å²) >= 11 is 0. The third-order valence-electron chi connectivity index (χ3n) is 3.84. The molecule has 1 saturated heterocycles. The van der Waals surface area contributed by atoms with Crippen molar-refractivity contribution in [3.8, 4) is 5.75 Å². The number of ether oxygens (including phenoxy) is 1. The van der Waals surface area contributed by atoms with E-state index in [0.29, 0.717) is 25.2 Å². The van der Waals surface area contributed by atoms with Gasteiger partial charge in [-0.2, -0.15) is 0 Å². The minimum absolute atomic E-state index is 0.0343. The molecule has 2 aliphatic heterocycles. The number of carbonyl (C=O) groups excluding carboxylic acids is 1. The molecule has 0 aromatic heterocycles. The molecule has 1 fully saturated rings. The number of Topliss-reactive ketones (excluding diaryl/α,β-unsaturated/α-hetero) is 1. The van der Waals surface area contributed by atoms with E-state index in [1.165, 1.54) is 0 Å². The largest absolute Gasteiger partial charge is 0.491 e. The van der Waals surface area contributed by atoms with Gasteiger partial charge < -0.3 is 9.84 Å². The third-order valence-corrected chi connectivity index (χ3v) is 3.84. The van der Waals surface area contributed by atoms with Crippen LogP contribution in [0, 0.1) is 0 Å². The number of para-hydroxylation sites is 1. The predicted molar refractivity (Wildman–Crippen MR) is 66.5 cm³/mol. The number of benzene rings is 1. The minimum atomic E-state index is -0.525. The minimum Gasteiger partial charge on any atom is -0.491 e. The fourth-order valence-electron chi connectivity index (χ4n) is 2.74. The summed E-state index contributed by atoms with van der Waals surface area (Å²) in [5, 5.41) is 10.4. The Hall–Kier alpha value is -1.39. The second kappa shape index (κ2) is 4.71. The van der Waals surface area contributed by atoms with Gasteiger partial charge in [0, 0.05) is 31.5 Å². The van der Waals surface area contributed by atoms with Gasteiger partial charge in [-0.3, -0.25) is 9.69 Å². The van der Waals surface area contributed by atoms with Crippen molar-refractivity contribution in [2.24, 2.45) is 0 Å². The summed E-state index contributed by atoms with van der Waals surface area (Å²) in [6, 6.07) is 7.57. The number of rotatable bonds is 1. The van der Waals surface area contributed by atoms with Crippen LogP contribution < -0.4 is 4.74 Å². The fraction of sp³-hybridized carbons (Fsp3) is 0.500. The highest BCUT2D eigenvalue weighted by Crippen LogP contribution is 2.34. The lowest BCUT2D eigenvalue weighted by atomic mass is 9.96. The monoisotopic (exact) mass is 247 g/mol. The first-order chi connectivity index (χ1) is 8.75. The second-order valence-electron chi connectivity index (χ2n) is 4.94. The van der Waals surface area contributed by atoms with Crippen molar-refractivity contribution in [1.29, 1.82) is 0 Å². The van der Waals surface area contributed by atoms with E-state index in [4.69, 9.17) is 4.74 Å². The molecule has 1 N–H and O–H groups in total. The SMILES string of the molecule is O=C1CCN(C2COc3ccccc3C2O)CC1. The summed E-state index contributed by atoms with van der Waals surface area (Å²) in [6.45, 7) is 1.95. The van der Waals surface area contributed by atoms with Gasteiger partial charge in [0.1, 0.15) is 24.2 Å². The van der Waals surface area contributed by atoms with Crippen molar-refractivity contribution in [3.63, 3.8) is 0 Å². The lowest BCUT2D eigenvalue weighted by Crippen LogP contribution is -2.49. The Kier molecular flexibility index (Phi) is 3.06. The van der Waals surface area contributed by atoms with E-state index >= 15 is 0 Å². The maximum Gasteiger partial charge on any atom is 0.135 e. The zero-order valence-electron chi connectivity index (χ0n) is 10.2. The number of ketones is 1. The molecule has 1 aromatic rings. The van der Waals surface area contributed by atoms with E-state index in [-0.39, 0.29) is 6.04 Å². The van der Waals surface area contributed by atoms with Crippen molar-refractivity contribution in [3.05, 3.63) is 29.8 Å². The summed E-state index contributed by atoms with van der Waals surface area (Å²) < 4.78 is 5.70. The number of hydrogen-bond donors (Lipinski definition) is 1. The number of aliphatic hydroxyl groups excluding tert-OH is 1. The number of carbonyl (C=O) groups is 1. The van der Waals surface area contributed by atoms with Gasteiger partial charge in [-0.1, -0.05) is 18.2 Å². The van der Waals surface area contributed by atoms with Crippen LogP contribution in [0.15, 0.2) is 24.3 Å². The highest BCUT2D eigenvalue weighted by molar-refractivity contribution is 5.79. The maximum atomic E-state index is 11.3. The molecule has 0 radical (unpaired) electrons. The highest BCUT2D eigenvalue weighted by atomic mass is 16.5. The molecule has 4 nitrogen and oxygen atoms in total. The van der Waals surface area contributed by atoms with Crippen LogP contribution in [0.4, 0.5) is 0 Å². The van der Waals surface area contributed by atoms with E-state index in [2.05, 4.69) is 4.90 Å². The van der Waals surface area contributed by atoms with E-state index in [9.17, 15) is 9.90 Å². The molecule has 2 aliphatic rings. The Balaban J connectivity index is 1.78. The Labute approximate surface area is 106 Å². The van der Waals surface area contributed by atoms with Crippen molar-refractivity contribution in [1.82, 2.24) is 4.90 Å². The van der Waals surface area contributed by atoms with E-state index < -0.39 is 6.10 Å². The lowest BCUT2D eigenvalue weighted by Gasteiger charge is -2.39. The van der Waals surface area contributed by atoms with Gasteiger partial charge in [0.15, 0.2) is 0 Å². The van der Waals surface area contributed by atoms with Crippen LogP contribution in [0.25, 0.3) is 0 Å². The fourth-order valence-corrected chi connectivity index (χ4v) is 2.74. The van der Waals surface area contributed by atoms with Gasteiger partial charge in [0.2, 0.25) is 0 Å². The summed E-state index contributed by atoms with van der Waals surface area (Å²) in [7, 11) is 0. The van der Waals surface area contributed by atoms with Crippen LogP contribution in [0.1, 0.15) is 24.5 Å². The van der Waals surface area contributed by atoms with Crippen LogP contribution in [-0.4, -0.2) is 41.5 Å². The van der Waals surface area contributed by atoms with Gasteiger partial charge in [-0.25, -0.2) is 0 Å². The normalized spacial score (nSPS) is 28.6. The summed E-state index contributed by atoms with van der Waals surface area (Å²) in [4.78, 5) is 13.4. The van der Waals surface area contributed by atoms with Crippen molar-refractivity contribution < 1.29 is 14.6 Å². The van der Waals surface area contributed by atoms with Crippen LogP contribution in [-0.2, 0) is 4.79 Å². The third kappa shape index (κ3) is 2.02. The van der Waals surface area contributed by atoms with Gasteiger partial charge in [-0.15, -0.1) is 0 Å². The second-order valence-corrected chi connectivity index (χ2v) is 4.94. The zero-order valence-corrected chi connectivity index (χ0v) is 10.2. The first-order valence-electron chi connectivity index (χ1n) is 6.41. The smallest absolute Gasteiger partial charge is 0.135 e. The molecule has 0 saturated carbocycles. The van der Waals surface area contributed by atoms with Crippen LogP contribution in [0.5, 0.6) is 5.75 Å². The Bertz CT molecular complexity index is 450. The van der Waals surface area contributed by atoms with Crippen LogP contribution >= 0.6 is 0 Å². The van der Waals surface area contributed by atoms with Crippen molar-refractivity contribution in [2.45, 2.75) is 25.0 Å². The molecule has 4 heteroatoms. The maximum absolute atomic E-state index is 11.3. The average molecular weight is 247 g/mol. The van der Waals surface area contributed by atoms with Crippen molar-refractivity contribution in [2.75, 3.05) is 19.7 Å². The van der Waals surface area contributed by atoms with Crippen LogP contribution in [0.3, 0.4) is 0 Å². The molecule has 96 valence electrons. The molecule has 0 aliphatic carbocycles. The van der Waals surface area contributed by atoms with Gasteiger partial charge in [0.25, 0.3) is 0 Å². The van der Waals surface area contributed by atoms with Gasteiger partial charge in [-0.05, 0) is 6.07 Å². The number of hydrogen-bond acceptors (Lipinski definition) is 4. The summed E-state index contributed by atoms with van der Waals surface area (Å²) in [5.41, 5.74) is 0.852. The number of aliphatic hydroxyl groups is 1. The van der Waals surface area contributed by atoms with Gasteiger partial charge in [0.05, 0.1) is 6.04 Å². The number of nitrogens with zero attached hydrogens (tertiary/aromatic N) is 1. The topological polar surface area (TPSA) is 49.8 Å². The summed E-state index contributed by atoms with van der Waals surface area (Å²) in [5.74, 6) is 1.09. The Morgan fingerprint density at radius 1 is 1.22 bits per heavy atom. The predicted octanol–water partition coefficient (Wildman–Crippen LogP) is 1.15. The molecule has 2 heterocycles. The molecule has 18 heavy (non-hydrogen) atoms. The Morgan fingerprint density at radius 2 is 1.94 bits per heavy atom.